The van der Waals surface area contributed by atoms with Crippen LogP contribution in [-0.2, 0) is 8.66 Å². The Morgan fingerprint density at radius 2 is 1.06 bits per heavy atom. The SMILES string of the molecule is C=Cc1ccc(S(=O)(O)(O)S(c2ccccc2)(c2ccccc2)c2ccccc2)c(F)c1F. The molecule has 0 unspecified atom stereocenters. The predicted molar refractivity (Wildman–Crippen MR) is 130 cm³/mol. The summed E-state index contributed by atoms with van der Waals surface area (Å²) in [5, 5.41) is 0. The Kier molecular flexibility index (Phi) is 5.84. The standard InChI is InChI=1S/C26H22F2O3S2/c1-2-20-18-19-24(26(28)25(20)27)33(29,30,31)32(21-12-6-3-7-13-21,22-14-8-4-9-15-22)23-16-10-5-11-17-23/h2-19H,1H2,(H2,29,30,31). The molecule has 0 spiro atoms. The van der Waals surface area contributed by atoms with Crippen molar-refractivity contribution < 1.29 is 22.1 Å². The molecule has 0 radical (unpaired) electrons. The maximum Gasteiger partial charge on any atom is 0.179 e. The van der Waals surface area contributed by atoms with Crippen molar-refractivity contribution in [2.75, 3.05) is 0 Å². The van der Waals surface area contributed by atoms with Crippen molar-refractivity contribution in [2.45, 2.75) is 19.6 Å². The number of hydrogen-bond acceptors (Lipinski definition) is 1. The molecule has 4 aromatic rings. The van der Waals surface area contributed by atoms with Crippen LogP contribution >= 0.6 is 9.06 Å². The van der Waals surface area contributed by atoms with E-state index >= 15 is 4.39 Å². The van der Waals surface area contributed by atoms with E-state index in [1.807, 2.05) is 0 Å². The Hall–Kier alpha value is -3.10. The smallest absolute Gasteiger partial charge is 0.179 e. The lowest BCUT2D eigenvalue weighted by Gasteiger charge is -2.54. The fraction of sp³-hybridized carbons (Fsp3) is 0. The van der Waals surface area contributed by atoms with Crippen molar-refractivity contribution in [1.29, 1.82) is 0 Å². The van der Waals surface area contributed by atoms with Gasteiger partial charge in [0, 0.05) is 20.2 Å². The van der Waals surface area contributed by atoms with Gasteiger partial charge in [0.2, 0.25) is 0 Å². The van der Waals surface area contributed by atoms with Crippen LogP contribution in [0.3, 0.4) is 0 Å². The summed E-state index contributed by atoms with van der Waals surface area (Å²) in [6.07, 6.45) is 1.10. The van der Waals surface area contributed by atoms with Gasteiger partial charge in [0.05, 0.1) is 0 Å². The fourth-order valence-electron chi connectivity index (χ4n) is 3.87. The molecule has 33 heavy (non-hydrogen) atoms. The normalized spacial score (nSPS) is 13.6. The second-order valence-electron chi connectivity index (χ2n) is 7.28. The van der Waals surface area contributed by atoms with Gasteiger partial charge in [0.15, 0.2) is 20.3 Å². The highest BCUT2D eigenvalue weighted by Crippen LogP contribution is 2.81. The van der Waals surface area contributed by atoms with Crippen LogP contribution in [0.15, 0.2) is 129 Å². The van der Waals surface area contributed by atoms with E-state index in [-0.39, 0.29) is 5.56 Å². The van der Waals surface area contributed by atoms with Crippen molar-refractivity contribution in [1.82, 2.24) is 0 Å². The summed E-state index contributed by atoms with van der Waals surface area (Å²) in [6.45, 7) is 3.44. The fourth-order valence-corrected chi connectivity index (χ4v) is 13.6. The van der Waals surface area contributed by atoms with Crippen LogP contribution in [-0.4, -0.2) is 13.3 Å². The van der Waals surface area contributed by atoms with E-state index in [0.717, 1.165) is 18.2 Å². The highest BCUT2D eigenvalue weighted by atomic mass is 33.2. The summed E-state index contributed by atoms with van der Waals surface area (Å²) in [6, 6.07) is 27.0. The number of rotatable bonds is 6. The first kappa shape index (κ1) is 23.1. The molecular weight excluding hydrogens is 462 g/mol. The van der Waals surface area contributed by atoms with E-state index in [4.69, 9.17) is 0 Å². The Morgan fingerprint density at radius 3 is 1.42 bits per heavy atom. The quantitative estimate of drug-likeness (QED) is 0.277. The van der Waals surface area contributed by atoms with E-state index in [1.54, 1.807) is 91.0 Å². The zero-order valence-corrected chi connectivity index (χ0v) is 19.1. The number of halogens is 2. The van der Waals surface area contributed by atoms with Crippen LogP contribution in [0.25, 0.3) is 6.08 Å². The van der Waals surface area contributed by atoms with Gasteiger partial charge in [-0.15, -0.1) is 0 Å². The predicted octanol–water partition coefficient (Wildman–Crippen LogP) is 7.63. The zero-order chi connectivity index (χ0) is 23.7. The molecule has 0 aromatic heterocycles. The molecule has 4 rings (SSSR count). The van der Waals surface area contributed by atoms with Gasteiger partial charge in [0.25, 0.3) is 0 Å². The summed E-state index contributed by atoms with van der Waals surface area (Å²) in [5.74, 6) is -2.94. The minimum Gasteiger partial charge on any atom is -0.297 e. The maximum atomic E-state index is 15.4. The highest BCUT2D eigenvalue weighted by Gasteiger charge is 2.56. The third kappa shape index (κ3) is 3.45. The molecule has 170 valence electrons. The lowest BCUT2D eigenvalue weighted by molar-refractivity contribution is 0.399. The molecule has 0 atom stereocenters. The molecule has 0 heterocycles. The Morgan fingerprint density at radius 1 is 0.667 bits per heavy atom. The molecular formula is C26H22F2O3S2. The minimum absolute atomic E-state index is 0.181. The molecule has 0 aliphatic carbocycles. The average Bonchev–Trinajstić information content (AvgIpc) is 2.82. The van der Waals surface area contributed by atoms with Crippen molar-refractivity contribution in [3.63, 3.8) is 0 Å². The third-order valence-electron chi connectivity index (χ3n) is 5.35. The van der Waals surface area contributed by atoms with Crippen LogP contribution in [0.1, 0.15) is 5.56 Å². The molecule has 0 saturated carbocycles. The molecule has 2 N–H and O–H groups in total. The summed E-state index contributed by atoms with van der Waals surface area (Å²) in [7, 11) is -9.68. The van der Waals surface area contributed by atoms with E-state index in [9.17, 15) is 17.7 Å². The summed E-state index contributed by atoms with van der Waals surface area (Å²) in [5.41, 5.74) is -0.181. The van der Waals surface area contributed by atoms with Crippen LogP contribution < -0.4 is 0 Å². The second-order valence-corrected chi connectivity index (χ2v) is 15.1. The monoisotopic (exact) mass is 484 g/mol. The van der Waals surface area contributed by atoms with Gasteiger partial charge in [-0.3, -0.25) is 9.11 Å². The second kappa shape index (κ2) is 8.35. The summed E-state index contributed by atoms with van der Waals surface area (Å²) >= 11 is 0. The van der Waals surface area contributed by atoms with Crippen molar-refractivity contribution in [2.24, 2.45) is 0 Å². The summed E-state index contributed by atoms with van der Waals surface area (Å²) < 4.78 is 68.7. The molecule has 7 heteroatoms. The first-order chi connectivity index (χ1) is 15.7. The van der Waals surface area contributed by atoms with Crippen molar-refractivity contribution >= 4 is 23.8 Å². The molecule has 4 aromatic carbocycles. The molecule has 3 nitrogen and oxygen atoms in total. The third-order valence-corrected chi connectivity index (χ3v) is 15.1. The van der Waals surface area contributed by atoms with Crippen LogP contribution in [0, 0.1) is 11.6 Å². The molecule has 0 fully saturated rings. The topological polar surface area (TPSA) is 57.5 Å². The van der Waals surface area contributed by atoms with Crippen molar-refractivity contribution in [3.8, 4) is 0 Å². The first-order valence-electron chi connectivity index (χ1n) is 9.98. The maximum absolute atomic E-state index is 15.4. The van der Waals surface area contributed by atoms with Crippen molar-refractivity contribution in [3.05, 3.63) is 127 Å². The lowest BCUT2D eigenvalue weighted by atomic mass is 10.2. The molecule has 0 saturated heterocycles. The molecule has 0 aliphatic heterocycles. The molecule has 0 bridgehead atoms. The van der Waals surface area contributed by atoms with Crippen LogP contribution in [0.4, 0.5) is 8.78 Å². The van der Waals surface area contributed by atoms with E-state index < -0.39 is 34.2 Å². The van der Waals surface area contributed by atoms with Gasteiger partial charge in [-0.25, -0.2) is 13.0 Å². The minimum atomic E-state index is -6.19. The summed E-state index contributed by atoms with van der Waals surface area (Å²) in [4.78, 5) is -0.0484. The van der Waals surface area contributed by atoms with Gasteiger partial charge in [-0.2, -0.15) is 0 Å². The highest BCUT2D eigenvalue weighted by molar-refractivity contribution is 8.97. The largest absolute Gasteiger partial charge is 0.297 e. The van der Waals surface area contributed by atoms with Gasteiger partial charge >= 0.3 is 0 Å². The van der Waals surface area contributed by atoms with Crippen LogP contribution in [0.2, 0.25) is 0 Å². The van der Waals surface area contributed by atoms with Gasteiger partial charge in [-0.05, 0) is 42.5 Å². The molecule has 0 amide bonds. The number of hydrogen-bond donors (Lipinski definition) is 2. The Balaban J connectivity index is 2.24. The van der Waals surface area contributed by atoms with Gasteiger partial charge < -0.3 is 0 Å². The first-order valence-corrected chi connectivity index (χ1v) is 14.0. The van der Waals surface area contributed by atoms with Gasteiger partial charge in [-0.1, -0.05) is 82.4 Å². The Bertz CT molecular complexity index is 1270. The Labute approximate surface area is 192 Å². The van der Waals surface area contributed by atoms with Gasteiger partial charge in [0.1, 0.15) is 4.90 Å². The molecule has 0 aliphatic rings. The van der Waals surface area contributed by atoms with Crippen LogP contribution in [0.5, 0.6) is 0 Å². The van der Waals surface area contributed by atoms with E-state index in [1.165, 1.54) is 0 Å². The number of benzene rings is 4. The van der Waals surface area contributed by atoms with E-state index in [2.05, 4.69) is 6.58 Å². The average molecular weight is 485 g/mol. The zero-order valence-electron chi connectivity index (χ0n) is 17.5. The lowest BCUT2D eigenvalue weighted by Crippen LogP contribution is -2.39. The van der Waals surface area contributed by atoms with E-state index in [0.29, 0.717) is 14.7 Å².